The number of benzene rings is 2. The van der Waals surface area contributed by atoms with E-state index in [-0.39, 0.29) is 12.5 Å². The summed E-state index contributed by atoms with van der Waals surface area (Å²) < 4.78 is 5.23. The molecular weight excluding hydrogens is 420 g/mol. The number of pyridine rings is 1. The van der Waals surface area contributed by atoms with Crippen molar-refractivity contribution in [2.75, 3.05) is 13.7 Å². The maximum atomic E-state index is 13.0. The second kappa shape index (κ2) is 9.52. The second-order valence-corrected chi connectivity index (χ2v) is 7.84. The summed E-state index contributed by atoms with van der Waals surface area (Å²) in [6.45, 7) is 2.67. The Morgan fingerprint density at radius 3 is 2.67 bits per heavy atom. The molecule has 0 spiro atoms. The van der Waals surface area contributed by atoms with E-state index in [2.05, 4.69) is 15.6 Å². The Balaban J connectivity index is 1.57. The summed E-state index contributed by atoms with van der Waals surface area (Å²) in [5.74, 6) is 0.483. The molecule has 2 N–H and O–H groups in total. The van der Waals surface area contributed by atoms with E-state index in [4.69, 9.17) is 4.74 Å². The van der Waals surface area contributed by atoms with Crippen LogP contribution in [0.5, 0.6) is 5.75 Å². The van der Waals surface area contributed by atoms with Gasteiger partial charge in [0.2, 0.25) is 6.41 Å². The third-order valence-corrected chi connectivity index (χ3v) is 5.62. The van der Waals surface area contributed by atoms with Gasteiger partial charge in [0, 0.05) is 30.4 Å². The minimum Gasteiger partial charge on any atom is -0.497 e. The van der Waals surface area contributed by atoms with Crippen molar-refractivity contribution in [3.8, 4) is 17.0 Å². The molecule has 3 aromatic rings. The Labute approximate surface area is 191 Å². The molecular formula is C25H24N4O4. The lowest BCUT2D eigenvalue weighted by atomic mass is 10.0. The molecule has 0 unspecified atom stereocenters. The van der Waals surface area contributed by atoms with E-state index in [1.165, 1.54) is 0 Å². The largest absolute Gasteiger partial charge is 0.497 e. The summed E-state index contributed by atoms with van der Waals surface area (Å²) in [6.07, 6.45) is 2.08. The molecule has 0 radical (unpaired) electrons. The number of methoxy groups -OCH3 is 1. The van der Waals surface area contributed by atoms with E-state index < -0.39 is 12.1 Å². The number of hydrogen-bond donors (Lipinski definition) is 2. The first-order chi connectivity index (χ1) is 16.0. The molecule has 1 atom stereocenters. The molecule has 2 heterocycles. The van der Waals surface area contributed by atoms with Crippen LogP contribution in [0.4, 0.5) is 4.79 Å². The number of imide groups is 1. The summed E-state index contributed by atoms with van der Waals surface area (Å²) in [5, 5.41) is 4.88. The van der Waals surface area contributed by atoms with Gasteiger partial charge in [-0.05, 0) is 47.9 Å². The monoisotopic (exact) mass is 444 g/mol. The van der Waals surface area contributed by atoms with Crippen LogP contribution in [0.2, 0.25) is 0 Å². The van der Waals surface area contributed by atoms with Gasteiger partial charge in [0.25, 0.3) is 5.91 Å². The molecule has 2 aromatic carbocycles. The van der Waals surface area contributed by atoms with Gasteiger partial charge in [-0.25, -0.2) is 4.79 Å². The Kier molecular flexibility index (Phi) is 6.35. The number of aryl methyl sites for hydroxylation is 1. The number of fused-ring (bicyclic) bond motifs is 1. The fraction of sp³-hybridized carbons (Fsp3) is 0.200. The van der Waals surface area contributed by atoms with Crippen LogP contribution in [0.1, 0.15) is 33.1 Å². The summed E-state index contributed by atoms with van der Waals surface area (Å²) >= 11 is 0. The van der Waals surface area contributed by atoms with Gasteiger partial charge < -0.3 is 15.0 Å². The van der Waals surface area contributed by atoms with Gasteiger partial charge in [-0.3, -0.25) is 19.9 Å². The van der Waals surface area contributed by atoms with Crippen LogP contribution in [0.25, 0.3) is 11.3 Å². The normalized spacial score (nSPS) is 13.3. The van der Waals surface area contributed by atoms with Gasteiger partial charge in [-0.15, -0.1) is 0 Å². The Bertz CT molecular complexity index is 1190. The first kappa shape index (κ1) is 22.0. The van der Waals surface area contributed by atoms with Gasteiger partial charge in [0.05, 0.1) is 18.8 Å². The molecule has 33 heavy (non-hydrogen) atoms. The molecule has 168 valence electrons. The van der Waals surface area contributed by atoms with Crippen LogP contribution in [-0.4, -0.2) is 41.9 Å². The SMILES string of the molecule is COc1ccc2c(c1)C(=O)N(C[C@H](NC(=O)NC=O)c1ccc(-c3cc(C)ccn3)cc1)C2. The molecule has 1 aliphatic heterocycles. The minimum atomic E-state index is -0.634. The highest BCUT2D eigenvalue weighted by molar-refractivity contribution is 5.98. The molecule has 8 heteroatoms. The van der Waals surface area contributed by atoms with E-state index in [0.29, 0.717) is 24.3 Å². The summed E-state index contributed by atoms with van der Waals surface area (Å²) in [6, 6.07) is 15.8. The minimum absolute atomic E-state index is 0.132. The van der Waals surface area contributed by atoms with E-state index >= 15 is 0 Å². The van der Waals surface area contributed by atoms with Crippen LogP contribution >= 0.6 is 0 Å². The standard InChI is InChI=1S/C25H24N4O4/c1-16-9-10-26-22(11-16)17-3-5-18(6-4-17)23(28-25(32)27-15-30)14-29-13-19-7-8-20(33-2)12-21(19)24(29)31/h3-12,15,23H,13-14H2,1-2H3,(H2,27,28,30,32)/t23-/m0/s1. The fourth-order valence-corrected chi connectivity index (χ4v) is 3.90. The predicted molar refractivity (Wildman–Crippen MR) is 123 cm³/mol. The number of urea groups is 1. The number of ether oxygens (including phenoxy) is 1. The lowest BCUT2D eigenvalue weighted by Gasteiger charge is -2.25. The second-order valence-electron chi connectivity index (χ2n) is 7.84. The van der Waals surface area contributed by atoms with Crippen LogP contribution in [0.15, 0.2) is 60.8 Å². The number of amides is 4. The third-order valence-electron chi connectivity index (χ3n) is 5.62. The zero-order chi connectivity index (χ0) is 23.4. The van der Waals surface area contributed by atoms with Crippen molar-refractivity contribution in [2.24, 2.45) is 0 Å². The summed E-state index contributed by atoms with van der Waals surface area (Å²) in [7, 11) is 1.56. The first-order valence-corrected chi connectivity index (χ1v) is 10.5. The summed E-state index contributed by atoms with van der Waals surface area (Å²) in [5.41, 5.74) is 5.19. The lowest BCUT2D eigenvalue weighted by molar-refractivity contribution is -0.108. The Morgan fingerprint density at radius 1 is 1.18 bits per heavy atom. The zero-order valence-electron chi connectivity index (χ0n) is 18.4. The number of aromatic nitrogens is 1. The highest BCUT2D eigenvalue weighted by atomic mass is 16.5. The van der Waals surface area contributed by atoms with Gasteiger partial charge >= 0.3 is 6.03 Å². The highest BCUT2D eigenvalue weighted by Gasteiger charge is 2.30. The summed E-state index contributed by atoms with van der Waals surface area (Å²) in [4.78, 5) is 41.9. The molecule has 1 aliphatic rings. The van der Waals surface area contributed by atoms with E-state index in [1.807, 2.05) is 55.5 Å². The van der Waals surface area contributed by atoms with Crippen molar-refractivity contribution in [3.05, 3.63) is 83.0 Å². The van der Waals surface area contributed by atoms with Crippen molar-refractivity contribution < 1.29 is 19.1 Å². The molecule has 0 bridgehead atoms. The van der Waals surface area contributed by atoms with Crippen molar-refractivity contribution in [3.63, 3.8) is 0 Å². The average molecular weight is 444 g/mol. The number of hydrogen-bond acceptors (Lipinski definition) is 5. The molecule has 0 saturated heterocycles. The van der Waals surface area contributed by atoms with Crippen molar-refractivity contribution in [1.29, 1.82) is 0 Å². The number of carbonyl (C=O) groups is 3. The van der Waals surface area contributed by atoms with Crippen LogP contribution in [0, 0.1) is 6.92 Å². The van der Waals surface area contributed by atoms with Gasteiger partial charge in [0.15, 0.2) is 0 Å². The van der Waals surface area contributed by atoms with Gasteiger partial charge in [-0.2, -0.15) is 0 Å². The third kappa shape index (κ3) is 4.85. The van der Waals surface area contributed by atoms with Crippen LogP contribution < -0.4 is 15.4 Å². The number of carbonyl (C=O) groups excluding carboxylic acids is 3. The van der Waals surface area contributed by atoms with Crippen LogP contribution in [0.3, 0.4) is 0 Å². The predicted octanol–water partition coefficient (Wildman–Crippen LogP) is 3.22. The molecule has 0 fully saturated rings. The highest BCUT2D eigenvalue weighted by Crippen LogP contribution is 2.29. The van der Waals surface area contributed by atoms with Gasteiger partial charge in [-0.1, -0.05) is 30.3 Å². The molecule has 0 aliphatic carbocycles. The number of nitrogens with zero attached hydrogens (tertiary/aromatic N) is 2. The molecule has 4 rings (SSSR count). The maximum Gasteiger partial charge on any atom is 0.321 e. The molecule has 0 saturated carbocycles. The van der Waals surface area contributed by atoms with Crippen molar-refractivity contribution >= 4 is 18.3 Å². The maximum absolute atomic E-state index is 13.0. The Morgan fingerprint density at radius 2 is 1.97 bits per heavy atom. The van der Waals surface area contributed by atoms with Crippen LogP contribution in [-0.2, 0) is 11.3 Å². The zero-order valence-corrected chi connectivity index (χ0v) is 18.4. The lowest BCUT2D eigenvalue weighted by Crippen LogP contribution is -2.42. The molecule has 4 amide bonds. The van der Waals surface area contributed by atoms with Gasteiger partial charge in [0.1, 0.15) is 5.75 Å². The van der Waals surface area contributed by atoms with E-state index in [0.717, 1.165) is 27.9 Å². The topological polar surface area (TPSA) is 101 Å². The number of rotatable bonds is 7. The number of nitrogens with one attached hydrogen (secondary N) is 2. The van der Waals surface area contributed by atoms with E-state index in [9.17, 15) is 14.4 Å². The fourth-order valence-electron chi connectivity index (χ4n) is 3.90. The molecule has 8 nitrogen and oxygen atoms in total. The van der Waals surface area contributed by atoms with E-state index in [1.54, 1.807) is 24.3 Å². The van der Waals surface area contributed by atoms with Crippen molar-refractivity contribution in [2.45, 2.75) is 19.5 Å². The van der Waals surface area contributed by atoms with Crippen molar-refractivity contribution in [1.82, 2.24) is 20.5 Å². The average Bonchev–Trinajstić information content (AvgIpc) is 3.13. The first-order valence-electron chi connectivity index (χ1n) is 10.5. The molecule has 1 aromatic heterocycles. The Hall–Kier alpha value is -4.20. The smallest absolute Gasteiger partial charge is 0.321 e. The quantitative estimate of drug-likeness (QED) is 0.545.